The molecule has 0 radical (unpaired) electrons. The van der Waals surface area contributed by atoms with Crippen LogP contribution in [0.5, 0.6) is 5.75 Å². The van der Waals surface area contributed by atoms with E-state index in [0.717, 1.165) is 22.8 Å². The van der Waals surface area contributed by atoms with E-state index < -0.39 is 11.8 Å². The fourth-order valence-electron chi connectivity index (χ4n) is 3.69. The highest BCUT2D eigenvalue weighted by Crippen LogP contribution is 2.46. The Labute approximate surface area is 190 Å². The number of benzene rings is 2. The van der Waals surface area contributed by atoms with Crippen LogP contribution in [0.3, 0.4) is 0 Å². The zero-order chi connectivity index (χ0) is 21.6. The summed E-state index contributed by atoms with van der Waals surface area (Å²) < 4.78 is 19.3. The average Bonchev–Trinajstić information content (AvgIpc) is 3.48. The van der Waals surface area contributed by atoms with Crippen molar-refractivity contribution >= 4 is 57.2 Å². The lowest BCUT2D eigenvalue weighted by molar-refractivity contribution is -0.185. The van der Waals surface area contributed by atoms with E-state index in [1.165, 1.54) is 7.11 Å². The lowest BCUT2D eigenvalue weighted by atomic mass is 9.88. The van der Waals surface area contributed by atoms with Gasteiger partial charge >= 0.3 is 5.97 Å². The number of carbonyl (C=O) groups is 1. The molecule has 31 heavy (non-hydrogen) atoms. The van der Waals surface area contributed by atoms with E-state index in [1.54, 1.807) is 47.7 Å². The summed E-state index contributed by atoms with van der Waals surface area (Å²) in [7, 11) is 1.51. The highest BCUT2D eigenvalue weighted by atomic mass is 35.5. The van der Waals surface area contributed by atoms with Gasteiger partial charge in [-0.1, -0.05) is 17.7 Å². The van der Waals surface area contributed by atoms with Crippen molar-refractivity contribution in [3.05, 3.63) is 80.5 Å². The molecule has 2 aromatic carbocycles. The molecule has 3 heterocycles. The molecule has 4 aromatic rings. The summed E-state index contributed by atoms with van der Waals surface area (Å²) in [6, 6.07) is 12.2. The Morgan fingerprint density at radius 2 is 2.00 bits per heavy atom. The van der Waals surface area contributed by atoms with E-state index in [0.29, 0.717) is 45.0 Å². The minimum atomic E-state index is -1.96. The molecule has 1 unspecified atom stereocenters. The minimum absolute atomic E-state index is 0.308. The lowest BCUT2D eigenvalue weighted by Gasteiger charge is -2.26. The maximum Gasteiger partial charge on any atom is 0.342 e. The first-order chi connectivity index (χ1) is 15.0. The molecule has 0 aliphatic carbocycles. The number of aromatic nitrogens is 2. The molecular weight excluding hydrogens is 456 g/mol. The third-order valence-corrected chi connectivity index (χ3v) is 6.79. The topological polar surface area (TPSA) is 81.5 Å². The smallest absolute Gasteiger partial charge is 0.342 e. The molecule has 0 amide bonds. The number of hydrogen-bond donors (Lipinski definition) is 1. The number of aliphatic hydroxyl groups is 1. The number of rotatable bonds is 5. The summed E-state index contributed by atoms with van der Waals surface area (Å²) in [5, 5.41) is 15.9. The number of nitrogens with zero attached hydrogens (tertiary/aromatic N) is 2. The summed E-state index contributed by atoms with van der Waals surface area (Å²) in [4.78, 5) is 13.1. The van der Waals surface area contributed by atoms with Crippen LogP contribution in [0.15, 0.2) is 58.8 Å². The number of fused-ring (bicyclic) bond motifs is 1. The first kappa shape index (κ1) is 20.1. The fourth-order valence-corrected chi connectivity index (χ4v) is 5.13. The number of carbonyl (C=O) groups excluding carboxylic acids is 1. The third kappa shape index (κ3) is 3.41. The highest BCUT2D eigenvalue weighted by Gasteiger charge is 2.48. The van der Waals surface area contributed by atoms with Gasteiger partial charge in [0.2, 0.25) is 0 Å². The average molecular weight is 471 g/mol. The molecule has 1 atom stereocenters. The molecule has 9 heteroatoms. The van der Waals surface area contributed by atoms with Crippen molar-refractivity contribution in [1.29, 1.82) is 0 Å². The van der Waals surface area contributed by atoms with Gasteiger partial charge < -0.3 is 14.6 Å². The van der Waals surface area contributed by atoms with E-state index in [1.807, 2.05) is 16.8 Å². The van der Waals surface area contributed by atoms with Crippen LogP contribution in [0, 0.1) is 0 Å². The molecule has 0 bridgehead atoms. The van der Waals surface area contributed by atoms with Gasteiger partial charge in [0.25, 0.3) is 5.79 Å². The molecule has 1 aliphatic rings. The summed E-state index contributed by atoms with van der Waals surface area (Å²) in [6.45, 7) is 0. The summed E-state index contributed by atoms with van der Waals surface area (Å²) in [5.74, 6) is -2.11. The van der Waals surface area contributed by atoms with E-state index in [-0.39, 0.29) is 0 Å². The molecule has 0 spiro atoms. The predicted octanol–water partition coefficient (Wildman–Crippen LogP) is 4.81. The third-order valence-electron chi connectivity index (χ3n) is 5.20. The molecule has 1 N–H and O–H groups in total. The van der Waals surface area contributed by atoms with Gasteiger partial charge in [-0.25, -0.2) is 4.79 Å². The van der Waals surface area contributed by atoms with Crippen LogP contribution in [0.4, 0.5) is 0 Å². The van der Waals surface area contributed by atoms with Crippen molar-refractivity contribution < 1.29 is 19.4 Å². The number of cyclic esters (lactones) is 1. The van der Waals surface area contributed by atoms with Crippen molar-refractivity contribution in [3.8, 4) is 5.75 Å². The van der Waals surface area contributed by atoms with Crippen LogP contribution >= 0.6 is 34.7 Å². The largest absolute Gasteiger partial charge is 0.495 e. The van der Waals surface area contributed by atoms with Crippen molar-refractivity contribution in [2.45, 2.75) is 12.2 Å². The second-order valence-electron chi connectivity index (χ2n) is 7.01. The molecule has 1 aliphatic heterocycles. The molecule has 2 aromatic heterocycles. The Balaban J connectivity index is 1.71. The first-order valence-corrected chi connectivity index (χ1v) is 11.3. The van der Waals surface area contributed by atoms with Gasteiger partial charge in [-0.2, -0.15) is 20.1 Å². The Bertz CT molecular complexity index is 1330. The molecule has 0 saturated carbocycles. The molecular formula is C22H15ClN2O4S2. The van der Waals surface area contributed by atoms with Crippen LogP contribution < -0.4 is 4.74 Å². The van der Waals surface area contributed by atoms with Gasteiger partial charge in [0.15, 0.2) is 0 Å². The minimum Gasteiger partial charge on any atom is -0.495 e. The van der Waals surface area contributed by atoms with E-state index in [2.05, 4.69) is 8.75 Å². The lowest BCUT2D eigenvalue weighted by Crippen LogP contribution is -2.29. The van der Waals surface area contributed by atoms with Gasteiger partial charge in [0.05, 0.1) is 29.4 Å². The number of halogens is 1. The Morgan fingerprint density at radius 3 is 2.74 bits per heavy atom. The van der Waals surface area contributed by atoms with E-state index >= 15 is 0 Å². The van der Waals surface area contributed by atoms with Gasteiger partial charge in [-0.15, -0.1) is 0 Å². The van der Waals surface area contributed by atoms with Crippen LogP contribution in [0.1, 0.15) is 16.7 Å². The van der Waals surface area contributed by atoms with Crippen LogP contribution in [0.2, 0.25) is 5.02 Å². The fraction of sp³-hybridized carbons (Fsp3) is 0.136. The second-order valence-corrected chi connectivity index (χ2v) is 8.73. The van der Waals surface area contributed by atoms with Crippen molar-refractivity contribution in [2.24, 2.45) is 0 Å². The van der Waals surface area contributed by atoms with Crippen LogP contribution in [0.25, 0.3) is 16.6 Å². The van der Waals surface area contributed by atoms with Crippen molar-refractivity contribution in [1.82, 2.24) is 8.75 Å². The zero-order valence-electron chi connectivity index (χ0n) is 16.2. The molecule has 156 valence electrons. The normalized spacial score (nSPS) is 18.6. The van der Waals surface area contributed by atoms with Crippen molar-refractivity contribution in [2.75, 3.05) is 7.11 Å². The van der Waals surface area contributed by atoms with Gasteiger partial charge in [0, 0.05) is 17.6 Å². The molecule has 5 rings (SSSR count). The number of hydrogen-bond acceptors (Lipinski definition) is 8. The zero-order valence-corrected chi connectivity index (χ0v) is 18.6. The molecule has 0 fully saturated rings. The van der Waals surface area contributed by atoms with Crippen LogP contribution in [-0.2, 0) is 21.7 Å². The van der Waals surface area contributed by atoms with E-state index in [9.17, 15) is 9.90 Å². The summed E-state index contributed by atoms with van der Waals surface area (Å²) in [6.07, 6.45) is 0.331. The summed E-state index contributed by atoms with van der Waals surface area (Å²) >= 11 is 8.95. The maximum absolute atomic E-state index is 13.1. The standard InChI is InChI=1S/C22H15ClN2O4S2/c1-28-19-5-3-14(10-16(19)23)22(27)15(8-12-6-7-30-11-12)20(21(26)29-22)13-2-4-17-18(9-13)25-31-24-17/h2-7,9-11,27H,8H2,1H3. The Morgan fingerprint density at radius 1 is 1.16 bits per heavy atom. The monoisotopic (exact) mass is 470 g/mol. The highest BCUT2D eigenvalue weighted by molar-refractivity contribution is 7.08. The maximum atomic E-state index is 13.1. The first-order valence-electron chi connectivity index (χ1n) is 9.26. The summed E-state index contributed by atoms with van der Waals surface area (Å²) in [5.41, 5.74) is 4.12. The van der Waals surface area contributed by atoms with Gasteiger partial charge in [0.1, 0.15) is 16.8 Å². The molecule has 0 saturated heterocycles. The Hall–Kier alpha value is -2.78. The SMILES string of the molecule is COc1ccc(C2(O)OC(=O)C(c3ccc4nsnc4c3)=C2Cc2ccsc2)cc1Cl. The Kier molecular flexibility index (Phi) is 5.02. The second kappa shape index (κ2) is 7.72. The number of ether oxygens (including phenoxy) is 2. The predicted molar refractivity (Wildman–Crippen MR) is 120 cm³/mol. The van der Waals surface area contributed by atoms with Gasteiger partial charge in [-0.05, 0) is 58.3 Å². The van der Waals surface area contributed by atoms with Gasteiger partial charge in [-0.3, -0.25) is 0 Å². The van der Waals surface area contributed by atoms with Crippen LogP contribution in [-0.4, -0.2) is 26.9 Å². The number of methoxy groups -OCH3 is 1. The number of esters is 1. The van der Waals surface area contributed by atoms with E-state index in [4.69, 9.17) is 21.1 Å². The molecule has 6 nitrogen and oxygen atoms in total. The number of thiophene rings is 1. The quantitative estimate of drug-likeness (QED) is 0.421. The van der Waals surface area contributed by atoms with Crippen molar-refractivity contribution in [3.63, 3.8) is 0 Å².